The monoisotopic (exact) mass is 750 g/mol. The molecule has 316 valence electrons. The Bertz CT molecular complexity index is 743. The molecule has 0 aliphatic carbocycles. The highest BCUT2D eigenvalue weighted by atomic mass is 16.3. The van der Waals surface area contributed by atoms with Crippen LogP contribution in [-0.4, -0.2) is 46.1 Å². The molecular weight excluding hydrogens is 655 g/mol. The van der Waals surface area contributed by atoms with Crippen molar-refractivity contribution in [3.63, 3.8) is 0 Å². The van der Waals surface area contributed by atoms with Crippen molar-refractivity contribution in [1.82, 2.24) is 5.32 Å². The molecule has 0 heterocycles. The fourth-order valence-electron chi connectivity index (χ4n) is 7.60. The van der Waals surface area contributed by atoms with Gasteiger partial charge in [-0.3, -0.25) is 4.79 Å². The van der Waals surface area contributed by atoms with Gasteiger partial charge in [0.25, 0.3) is 0 Å². The zero-order chi connectivity index (χ0) is 38.7. The van der Waals surface area contributed by atoms with Gasteiger partial charge in [0.1, 0.15) is 6.10 Å². The van der Waals surface area contributed by atoms with E-state index >= 15 is 0 Å². The minimum Gasteiger partial charge on any atom is -0.394 e. The largest absolute Gasteiger partial charge is 0.394 e. The lowest BCUT2D eigenvalue weighted by Crippen LogP contribution is -2.49. The average Bonchev–Trinajstić information content (AvgIpc) is 3.16. The van der Waals surface area contributed by atoms with Crippen LogP contribution < -0.4 is 5.32 Å². The molecule has 0 aromatic carbocycles. The van der Waals surface area contributed by atoms with Crippen LogP contribution in [0.1, 0.15) is 264 Å². The predicted molar refractivity (Wildman–Crippen MR) is 232 cm³/mol. The summed E-state index contributed by atoms with van der Waals surface area (Å²) >= 11 is 0. The summed E-state index contributed by atoms with van der Waals surface area (Å²) in [5, 5.41) is 33.3. The Balaban J connectivity index is 3.54. The zero-order valence-corrected chi connectivity index (χ0v) is 35.9. The van der Waals surface area contributed by atoms with E-state index in [-0.39, 0.29) is 6.61 Å². The van der Waals surface area contributed by atoms with Crippen LogP contribution in [0.4, 0.5) is 0 Å². The van der Waals surface area contributed by atoms with Crippen LogP contribution in [0.25, 0.3) is 0 Å². The van der Waals surface area contributed by atoms with Crippen molar-refractivity contribution in [2.24, 2.45) is 0 Å². The Kier molecular flexibility index (Phi) is 43.1. The summed E-state index contributed by atoms with van der Waals surface area (Å²) in [7, 11) is 0. The van der Waals surface area contributed by atoms with Crippen molar-refractivity contribution >= 4 is 5.91 Å². The third kappa shape index (κ3) is 39.1. The van der Waals surface area contributed by atoms with Gasteiger partial charge in [-0.25, -0.2) is 0 Å². The van der Waals surface area contributed by atoms with Gasteiger partial charge in [-0.05, 0) is 38.5 Å². The maximum Gasteiger partial charge on any atom is 0.249 e. The van der Waals surface area contributed by atoms with E-state index < -0.39 is 24.2 Å². The second-order valence-corrected chi connectivity index (χ2v) is 16.7. The van der Waals surface area contributed by atoms with Gasteiger partial charge in [-0.15, -0.1) is 0 Å². The number of aliphatic hydroxyl groups is 3. The first-order chi connectivity index (χ1) is 26.1. The summed E-state index contributed by atoms with van der Waals surface area (Å²) in [6.45, 7) is 4.24. The molecule has 0 saturated heterocycles. The molecule has 0 aromatic heterocycles. The fraction of sp³-hybridized carbons (Fsp3) is 0.938. The van der Waals surface area contributed by atoms with E-state index in [2.05, 4.69) is 31.3 Å². The first kappa shape index (κ1) is 52.1. The van der Waals surface area contributed by atoms with Gasteiger partial charge in [0.05, 0.1) is 18.8 Å². The molecule has 0 rings (SSSR count). The quantitative estimate of drug-likeness (QED) is 0.0369. The van der Waals surface area contributed by atoms with Crippen LogP contribution in [0, 0.1) is 0 Å². The average molecular weight is 750 g/mol. The van der Waals surface area contributed by atoms with Crippen LogP contribution in [0.2, 0.25) is 0 Å². The van der Waals surface area contributed by atoms with Crippen molar-refractivity contribution in [2.75, 3.05) is 6.61 Å². The molecule has 53 heavy (non-hydrogen) atoms. The first-order valence-corrected chi connectivity index (χ1v) is 24.0. The normalized spacial score (nSPS) is 13.5. The summed E-state index contributed by atoms with van der Waals surface area (Å²) < 4.78 is 0. The molecule has 0 aromatic rings. The van der Waals surface area contributed by atoms with Crippen molar-refractivity contribution in [3.8, 4) is 0 Å². The van der Waals surface area contributed by atoms with E-state index in [4.69, 9.17) is 0 Å². The van der Waals surface area contributed by atoms with Gasteiger partial charge in [0, 0.05) is 0 Å². The second-order valence-electron chi connectivity index (χ2n) is 16.7. The Hall–Kier alpha value is -0.910. The number of hydrogen-bond acceptors (Lipinski definition) is 4. The van der Waals surface area contributed by atoms with Crippen LogP contribution >= 0.6 is 0 Å². The van der Waals surface area contributed by atoms with E-state index in [0.29, 0.717) is 12.8 Å². The highest BCUT2D eigenvalue weighted by molar-refractivity contribution is 5.80. The standard InChI is InChI=1S/C48H95NO4/c1-3-5-7-9-11-13-15-17-18-19-20-21-22-23-24-25-26-27-28-29-31-33-35-37-39-41-43-47(52)48(53)49-45(44-50)46(51)42-40-38-36-34-32-30-16-14-12-10-8-6-4-2/h23-24,45-47,50-52H,3-22,25-44H2,1-2H3,(H,49,53)/b24-23-. The molecule has 3 unspecified atom stereocenters. The molecular formula is C48H95NO4. The summed E-state index contributed by atoms with van der Waals surface area (Å²) in [5.41, 5.74) is 0. The molecule has 4 N–H and O–H groups in total. The first-order valence-electron chi connectivity index (χ1n) is 24.0. The maximum absolute atomic E-state index is 12.5. The van der Waals surface area contributed by atoms with Gasteiger partial charge in [0.2, 0.25) is 5.91 Å². The molecule has 5 heteroatoms. The van der Waals surface area contributed by atoms with Crippen molar-refractivity contribution in [1.29, 1.82) is 0 Å². The van der Waals surface area contributed by atoms with Crippen LogP contribution in [0.5, 0.6) is 0 Å². The molecule has 0 radical (unpaired) electrons. The SMILES string of the molecule is CCCCCCCCCCCCCC/C=C\CCCCCCCCCCCCC(O)C(=O)NC(CO)C(O)CCCCCCCCCCCCCCC. The lowest BCUT2D eigenvalue weighted by atomic mass is 10.0. The Labute approximate surface area is 331 Å². The van der Waals surface area contributed by atoms with Crippen LogP contribution in [-0.2, 0) is 4.79 Å². The summed E-state index contributed by atoms with van der Waals surface area (Å²) in [5.74, 6) is -0.469. The van der Waals surface area contributed by atoms with Gasteiger partial charge in [0.15, 0.2) is 0 Å². The molecule has 0 bridgehead atoms. The molecule has 5 nitrogen and oxygen atoms in total. The Morgan fingerprint density at radius 1 is 0.434 bits per heavy atom. The van der Waals surface area contributed by atoms with E-state index in [1.54, 1.807) is 0 Å². The number of allylic oxidation sites excluding steroid dienone is 2. The topological polar surface area (TPSA) is 89.8 Å². The maximum atomic E-state index is 12.5. The predicted octanol–water partition coefficient (Wildman–Crippen LogP) is 14.0. The van der Waals surface area contributed by atoms with Gasteiger partial charge in [-0.1, -0.05) is 238 Å². The highest BCUT2D eigenvalue weighted by Crippen LogP contribution is 2.17. The third-order valence-electron chi connectivity index (χ3n) is 11.4. The molecule has 0 spiro atoms. The number of rotatable bonds is 44. The van der Waals surface area contributed by atoms with Gasteiger partial charge >= 0.3 is 0 Å². The summed E-state index contributed by atoms with van der Waals surface area (Å²) in [4.78, 5) is 12.5. The van der Waals surface area contributed by atoms with Crippen LogP contribution in [0.15, 0.2) is 12.2 Å². The number of carbonyl (C=O) groups is 1. The molecule has 3 atom stereocenters. The number of carbonyl (C=O) groups excluding carboxylic acids is 1. The lowest BCUT2D eigenvalue weighted by Gasteiger charge is -2.23. The number of amides is 1. The number of aliphatic hydroxyl groups excluding tert-OH is 3. The van der Waals surface area contributed by atoms with Crippen LogP contribution in [0.3, 0.4) is 0 Å². The van der Waals surface area contributed by atoms with Crippen molar-refractivity contribution in [3.05, 3.63) is 12.2 Å². The van der Waals surface area contributed by atoms with Gasteiger partial charge < -0.3 is 20.6 Å². The molecule has 0 saturated carbocycles. The number of hydrogen-bond donors (Lipinski definition) is 4. The van der Waals surface area contributed by atoms with Crippen molar-refractivity contribution < 1.29 is 20.1 Å². The zero-order valence-electron chi connectivity index (χ0n) is 35.9. The number of nitrogens with one attached hydrogen (secondary N) is 1. The Morgan fingerprint density at radius 2 is 0.717 bits per heavy atom. The highest BCUT2D eigenvalue weighted by Gasteiger charge is 2.23. The fourth-order valence-corrected chi connectivity index (χ4v) is 7.60. The molecule has 1 amide bonds. The molecule has 0 fully saturated rings. The second kappa shape index (κ2) is 43.8. The van der Waals surface area contributed by atoms with E-state index in [1.165, 1.54) is 205 Å². The summed E-state index contributed by atoms with van der Waals surface area (Å²) in [6, 6.07) is -0.708. The molecule has 0 aliphatic heterocycles. The minimum atomic E-state index is -1.07. The van der Waals surface area contributed by atoms with E-state index in [1.807, 2.05) is 0 Å². The number of unbranched alkanes of at least 4 members (excludes halogenated alkanes) is 34. The molecule has 0 aliphatic rings. The van der Waals surface area contributed by atoms with Crippen molar-refractivity contribution in [2.45, 2.75) is 283 Å². The van der Waals surface area contributed by atoms with E-state index in [9.17, 15) is 20.1 Å². The minimum absolute atomic E-state index is 0.311. The van der Waals surface area contributed by atoms with Gasteiger partial charge in [-0.2, -0.15) is 0 Å². The lowest BCUT2D eigenvalue weighted by molar-refractivity contribution is -0.131. The van der Waals surface area contributed by atoms with E-state index in [0.717, 1.165) is 32.1 Å². The Morgan fingerprint density at radius 3 is 1.04 bits per heavy atom. The smallest absolute Gasteiger partial charge is 0.249 e. The summed E-state index contributed by atoms with van der Waals surface area (Å²) in [6.07, 6.45) is 52.3. The third-order valence-corrected chi connectivity index (χ3v) is 11.4.